The van der Waals surface area contributed by atoms with Gasteiger partial charge in [-0.05, 0) is 28.5 Å². The number of hydrogen-bond acceptors (Lipinski definition) is 6. The topological polar surface area (TPSA) is 85.1 Å². The molecule has 2 aromatic rings. The van der Waals surface area contributed by atoms with Gasteiger partial charge in [0.05, 0.1) is 12.0 Å². The van der Waals surface area contributed by atoms with Crippen LogP contribution in [0.25, 0.3) is 0 Å². The Kier molecular flexibility index (Phi) is 4.83. The SMILES string of the molecule is Cc1ccccc1/C=N/NC(=O)CSc1nnnn1C. The van der Waals surface area contributed by atoms with E-state index in [2.05, 4.69) is 26.1 Å². The predicted molar refractivity (Wildman–Crippen MR) is 76.4 cm³/mol. The lowest BCUT2D eigenvalue weighted by atomic mass is 10.1. The molecule has 0 unspecified atom stereocenters. The molecule has 0 atom stereocenters. The lowest BCUT2D eigenvalue weighted by Crippen LogP contribution is -2.20. The summed E-state index contributed by atoms with van der Waals surface area (Å²) >= 11 is 1.25. The van der Waals surface area contributed by atoms with Crippen molar-refractivity contribution in [3.63, 3.8) is 0 Å². The van der Waals surface area contributed by atoms with Crippen molar-refractivity contribution in [2.24, 2.45) is 12.1 Å². The number of aryl methyl sites for hydroxylation is 2. The van der Waals surface area contributed by atoms with Crippen LogP contribution in [0, 0.1) is 6.92 Å². The van der Waals surface area contributed by atoms with Crippen LogP contribution < -0.4 is 5.43 Å². The van der Waals surface area contributed by atoms with Gasteiger partial charge in [-0.15, -0.1) is 5.10 Å². The van der Waals surface area contributed by atoms with Crippen LogP contribution in [-0.4, -0.2) is 38.1 Å². The lowest BCUT2D eigenvalue weighted by molar-refractivity contribution is -0.118. The van der Waals surface area contributed by atoms with Crippen LogP contribution in [0.2, 0.25) is 0 Å². The van der Waals surface area contributed by atoms with E-state index in [1.54, 1.807) is 13.3 Å². The monoisotopic (exact) mass is 290 g/mol. The third-order valence-corrected chi connectivity index (χ3v) is 3.51. The molecule has 0 radical (unpaired) electrons. The first-order valence-electron chi connectivity index (χ1n) is 5.89. The lowest BCUT2D eigenvalue weighted by Gasteiger charge is -2.00. The fourth-order valence-corrected chi connectivity index (χ4v) is 2.05. The molecule has 0 fully saturated rings. The van der Waals surface area contributed by atoms with Gasteiger partial charge in [-0.25, -0.2) is 10.1 Å². The van der Waals surface area contributed by atoms with E-state index in [1.165, 1.54) is 16.4 Å². The van der Waals surface area contributed by atoms with Crippen molar-refractivity contribution in [2.75, 3.05) is 5.75 Å². The summed E-state index contributed by atoms with van der Waals surface area (Å²) in [6.07, 6.45) is 1.63. The summed E-state index contributed by atoms with van der Waals surface area (Å²) in [5.74, 6) is 0.00195. The van der Waals surface area contributed by atoms with Crippen molar-refractivity contribution < 1.29 is 4.79 Å². The van der Waals surface area contributed by atoms with Crippen LogP contribution in [-0.2, 0) is 11.8 Å². The van der Waals surface area contributed by atoms with Crippen LogP contribution in [0.1, 0.15) is 11.1 Å². The van der Waals surface area contributed by atoms with Gasteiger partial charge in [0.15, 0.2) is 0 Å². The summed E-state index contributed by atoms with van der Waals surface area (Å²) in [5.41, 5.74) is 4.54. The smallest absolute Gasteiger partial charge is 0.250 e. The minimum Gasteiger partial charge on any atom is -0.272 e. The zero-order valence-corrected chi connectivity index (χ0v) is 12.0. The maximum absolute atomic E-state index is 11.6. The molecule has 1 amide bonds. The van der Waals surface area contributed by atoms with E-state index in [0.29, 0.717) is 5.16 Å². The van der Waals surface area contributed by atoms with Crippen LogP contribution >= 0.6 is 11.8 Å². The molecule has 20 heavy (non-hydrogen) atoms. The van der Waals surface area contributed by atoms with Crippen molar-refractivity contribution in [1.29, 1.82) is 0 Å². The molecule has 0 aliphatic rings. The molecule has 0 bridgehead atoms. The molecule has 104 valence electrons. The molecule has 7 nitrogen and oxygen atoms in total. The number of carbonyl (C=O) groups excluding carboxylic acids is 1. The first-order chi connectivity index (χ1) is 9.66. The van der Waals surface area contributed by atoms with Gasteiger partial charge in [-0.2, -0.15) is 5.10 Å². The average molecular weight is 290 g/mol. The summed E-state index contributed by atoms with van der Waals surface area (Å²) in [6, 6.07) is 7.80. The molecule has 0 aliphatic carbocycles. The Morgan fingerprint density at radius 2 is 2.30 bits per heavy atom. The van der Waals surface area contributed by atoms with Gasteiger partial charge in [-0.1, -0.05) is 36.0 Å². The average Bonchev–Trinajstić information content (AvgIpc) is 2.84. The third-order valence-electron chi connectivity index (χ3n) is 2.49. The highest BCUT2D eigenvalue weighted by atomic mass is 32.2. The van der Waals surface area contributed by atoms with E-state index in [-0.39, 0.29) is 11.7 Å². The van der Waals surface area contributed by atoms with Crippen molar-refractivity contribution in [3.8, 4) is 0 Å². The Labute approximate surface area is 120 Å². The fraction of sp³-hybridized carbons (Fsp3) is 0.250. The molecule has 1 heterocycles. The maximum Gasteiger partial charge on any atom is 0.250 e. The van der Waals surface area contributed by atoms with Crippen molar-refractivity contribution in [2.45, 2.75) is 12.1 Å². The second kappa shape index (κ2) is 6.80. The Morgan fingerprint density at radius 1 is 1.50 bits per heavy atom. The summed E-state index contributed by atoms with van der Waals surface area (Å²) < 4.78 is 1.51. The molecule has 1 aromatic heterocycles. The minimum atomic E-state index is -0.206. The number of nitrogens with zero attached hydrogens (tertiary/aromatic N) is 5. The zero-order valence-electron chi connectivity index (χ0n) is 11.1. The molecule has 0 saturated heterocycles. The molecule has 0 spiro atoms. The number of aromatic nitrogens is 4. The van der Waals surface area contributed by atoms with E-state index in [4.69, 9.17) is 0 Å². The van der Waals surface area contributed by atoms with Crippen LogP contribution in [0.5, 0.6) is 0 Å². The van der Waals surface area contributed by atoms with Gasteiger partial charge in [0, 0.05) is 7.05 Å². The van der Waals surface area contributed by atoms with Crippen LogP contribution in [0.15, 0.2) is 34.5 Å². The molecular weight excluding hydrogens is 276 g/mol. The predicted octanol–water partition coefficient (Wildman–Crippen LogP) is 0.761. The van der Waals surface area contributed by atoms with Gasteiger partial charge in [0.2, 0.25) is 5.16 Å². The third kappa shape index (κ3) is 3.89. The standard InChI is InChI=1S/C12H14N6OS/c1-9-5-3-4-6-10(9)7-13-14-11(19)8-20-12-15-16-17-18(12)2/h3-7H,8H2,1-2H3,(H,14,19)/b13-7+. The Bertz CT molecular complexity index is 624. The highest BCUT2D eigenvalue weighted by molar-refractivity contribution is 7.99. The van der Waals surface area contributed by atoms with Crippen molar-refractivity contribution in [3.05, 3.63) is 35.4 Å². The minimum absolute atomic E-state index is 0.206. The van der Waals surface area contributed by atoms with E-state index in [1.807, 2.05) is 31.2 Å². The van der Waals surface area contributed by atoms with E-state index < -0.39 is 0 Å². The van der Waals surface area contributed by atoms with E-state index >= 15 is 0 Å². The number of hydrazone groups is 1. The van der Waals surface area contributed by atoms with Crippen LogP contribution in [0.3, 0.4) is 0 Å². The van der Waals surface area contributed by atoms with Crippen molar-refractivity contribution >= 4 is 23.9 Å². The largest absolute Gasteiger partial charge is 0.272 e. The Hall–Kier alpha value is -2.22. The highest BCUT2D eigenvalue weighted by Crippen LogP contribution is 2.11. The van der Waals surface area contributed by atoms with Gasteiger partial charge in [0.1, 0.15) is 0 Å². The van der Waals surface area contributed by atoms with Crippen molar-refractivity contribution in [1.82, 2.24) is 25.6 Å². The fourth-order valence-electron chi connectivity index (χ4n) is 1.41. The van der Waals surface area contributed by atoms with Gasteiger partial charge in [-0.3, -0.25) is 4.79 Å². The van der Waals surface area contributed by atoms with Gasteiger partial charge in [0.25, 0.3) is 5.91 Å². The summed E-state index contributed by atoms with van der Waals surface area (Å²) in [7, 11) is 1.72. The summed E-state index contributed by atoms with van der Waals surface area (Å²) in [5, 5.41) is 15.5. The number of nitrogens with one attached hydrogen (secondary N) is 1. The summed E-state index contributed by atoms with van der Waals surface area (Å²) in [6.45, 7) is 1.99. The molecule has 8 heteroatoms. The van der Waals surface area contributed by atoms with Gasteiger partial charge >= 0.3 is 0 Å². The van der Waals surface area contributed by atoms with Gasteiger partial charge < -0.3 is 0 Å². The first-order valence-corrected chi connectivity index (χ1v) is 6.88. The molecule has 2 rings (SSSR count). The first kappa shape index (κ1) is 14.2. The second-order valence-electron chi connectivity index (χ2n) is 4.02. The summed E-state index contributed by atoms with van der Waals surface area (Å²) in [4.78, 5) is 11.6. The zero-order chi connectivity index (χ0) is 14.4. The number of rotatable bonds is 5. The van der Waals surface area contributed by atoms with E-state index in [0.717, 1.165) is 11.1 Å². The molecule has 1 N–H and O–H groups in total. The Morgan fingerprint density at radius 3 is 3.00 bits per heavy atom. The number of benzene rings is 1. The molecule has 1 aromatic carbocycles. The number of carbonyl (C=O) groups is 1. The highest BCUT2D eigenvalue weighted by Gasteiger charge is 2.06. The van der Waals surface area contributed by atoms with E-state index in [9.17, 15) is 4.79 Å². The molecule has 0 aliphatic heterocycles. The normalized spacial score (nSPS) is 10.9. The second-order valence-corrected chi connectivity index (χ2v) is 4.97. The number of amides is 1. The quantitative estimate of drug-likeness (QED) is 0.499. The Balaban J connectivity index is 1.81. The van der Waals surface area contributed by atoms with Crippen LogP contribution in [0.4, 0.5) is 0 Å². The number of tetrazole rings is 1. The number of hydrogen-bond donors (Lipinski definition) is 1. The number of thioether (sulfide) groups is 1. The maximum atomic E-state index is 11.6. The molecule has 0 saturated carbocycles. The molecular formula is C12H14N6OS.